The lowest BCUT2D eigenvalue weighted by Crippen LogP contribution is -2.08. The van der Waals surface area contributed by atoms with Crippen LogP contribution < -0.4 is 0 Å². The Balaban J connectivity index is 2.18. The van der Waals surface area contributed by atoms with E-state index in [1.54, 1.807) is 6.08 Å². The average molecular weight is 224 g/mol. The molecule has 2 nitrogen and oxygen atoms in total. The molecule has 16 heavy (non-hydrogen) atoms. The first-order valence-corrected chi connectivity index (χ1v) is 6.62. The molecule has 1 unspecified atom stereocenters. The minimum Gasteiger partial charge on any atom is -0.498 e. The van der Waals surface area contributed by atoms with E-state index in [9.17, 15) is 4.79 Å². The second-order valence-electron chi connectivity index (χ2n) is 4.66. The Hall–Kier alpha value is -0.790. The third-order valence-electron chi connectivity index (χ3n) is 3.24. The first-order valence-electron chi connectivity index (χ1n) is 6.62. The van der Waals surface area contributed by atoms with Gasteiger partial charge in [0.05, 0.1) is 12.4 Å². The topological polar surface area (TPSA) is 26.3 Å². The van der Waals surface area contributed by atoms with Gasteiger partial charge in [-0.15, -0.1) is 0 Å². The van der Waals surface area contributed by atoms with Gasteiger partial charge in [-0.2, -0.15) is 0 Å². The molecule has 0 N–H and O–H groups in total. The molecule has 0 aromatic rings. The second kappa shape index (κ2) is 7.48. The van der Waals surface area contributed by atoms with E-state index in [-0.39, 0.29) is 5.78 Å². The number of rotatable bonds is 8. The normalized spacial score (nSPS) is 17.4. The molecule has 0 bridgehead atoms. The average Bonchev–Trinajstić information content (AvgIpc) is 2.69. The molecule has 0 aromatic carbocycles. The van der Waals surface area contributed by atoms with Gasteiger partial charge in [0.25, 0.3) is 0 Å². The van der Waals surface area contributed by atoms with Gasteiger partial charge in [-0.25, -0.2) is 0 Å². The number of hydrogen-bond acceptors (Lipinski definition) is 2. The first-order chi connectivity index (χ1) is 7.76. The Bertz CT molecular complexity index is 243. The van der Waals surface area contributed by atoms with Gasteiger partial charge in [0, 0.05) is 18.9 Å². The maximum Gasteiger partial charge on any atom is 0.159 e. The van der Waals surface area contributed by atoms with Crippen molar-refractivity contribution in [1.29, 1.82) is 0 Å². The number of carbonyl (C=O) groups is 1. The van der Waals surface area contributed by atoms with E-state index in [1.165, 1.54) is 32.1 Å². The zero-order valence-electron chi connectivity index (χ0n) is 10.6. The van der Waals surface area contributed by atoms with Crippen molar-refractivity contribution in [3.8, 4) is 0 Å². The van der Waals surface area contributed by atoms with Gasteiger partial charge in [-0.05, 0) is 12.3 Å². The molecule has 1 rings (SSSR count). The van der Waals surface area contributed by atoms with E-state index < -0.39 is 0 Å². The summed E-state index contributed by atoms with van der Waals surface area (Å²) in [6, 6.07) is 0. The minimum absolute atomic E-state index is 0.217. The summed E-state index contributed by atoms with van der Waals surface area (Å²) in [4.78, 5) is 11.0. The summed E-state index contributed by atoms with van der Waals surface area (Å²) in [5, 5.41) is 0. The number of hydrogen-bond donors (Lipinski definition) is 0. The van der Waals surface area contributed by atoms with E-state index in [2.05, 4.69) is 13.8 Å². The lowest BCUT2D eigenvalue weighted by atomic mass is 10.00. The predicted molar refractivity (Wildman–Crippen MR) is 66.2 cm³/mol. The smallest absolute Gasteiger partial charge is 0.159 e. The molecule has 0 saturated carbocycles. The third kappa shape index (κ3) is 4.82. The number of carbonyl (C=O) groups excluding carboxylic acids is 1. The maximum atomic E-state index is 11.0. The van der Waals surface area contributed by atoms with Crippen molar-refractivity contribution in [3.05, 3.63) is 11.8 Å². The molecule has 0 radical (unpaired) electrons. The number of ketones is 1. The van der Waals surface area contributed by atoms with E-state index in [0.29, 0.717) is 12.3 Å². The summed E-state index contributed by atoms with van der Waals surface area (Å²) in [5.74, 6) is 1.77. The van der Waals surface area contributed by atoms with Crippen molar-refractivity contribution < 1.29 is 9.53 Å². The van der Waals surface area contributed by atoms with Crippen LogP contribution in [0, 0.1) is 5.92 Å². The lowest BCUT2D eigenvalue weighted by molar-refractivity contribution is -0.114. The van der Waals surface area contributed by atoms with Crippen LogP contribution in [0.25, 0.3) is 0 Å². The summed E-state index contributed by atoms with van der Waals surface area (Å²) < 4.78 is 5.70. The molecule has 0 spiro atoms. The molecule has 0 amide bonds. The molecule has 0 aliphatic heterocycles. The molecule has 2 heteroatoms. The van der Waals surface area contributed by atoms with E-state index >= 15 is 0 Å². The fourth-order valence-electron chi connectivity index (χ4n) is 2.00. The van der Waals surface area contributed by atoms with Crippen LogP contribution in [0.15, 0.2) is 11.8 Å². The Labute approximate surface area is 99.1 Å². The highest BCUT2D eigenvalue weighted by molar-refractivity contribution is 5.92. The van der Waals surface area contributed by atoms with Crippen molar-refractivity contribution >= 4 is 5.78 Å². The Morgan fingerprint density at radius 1 is 1.31 bits per heavy atom. The summed E-state index contributed by atoms with van der Waals surface area (Å²) >= 11 is 0. The summed E-state index contributed by atoms with van der Waals surface area (Å²) in [7, 11) is 0. The summed E-state index contributed by atoms with van der Waals surface area (Å²) in [5.41, 5.74) is 0. The van der Waals surface area contributed by atoms with E-state index in [1.807, 2.05) is 0 Å². The standard InChI is InChI=1S/C14H24O2/c1-3-5-6-7-12(4-2)11-16-14-9-8-13(15)10-14/h10,12H,3-9,11H2,1-2H3. The fourth-order valence-corrected chi connectivity index (χ4v) is 2.00. The molecule has 1 atom stereocenters. The van der Waals surface area contributed by atoms with Crippen LogP contribution in [-0.2, 0) is 9.53 Å². The number of allylic oxidation sites excluding steroid dienone is 2. The maximum absolute atomic E-state index is 11.0. The molecule has 92 valence electrons. The number of ether oxygens (including phenoxy) is 1. The Morgan fingerprint density at radius 2 is 2.12 bits per heavy atom. The third-order valence-corrected chi connectivity index (χ3v) is 3.24. The van der Waals surface area contributed by atoms with Gasteiger partial charge in [0.15, 0.2) is 5.78 Å². The number of unbranched alkanes of at least 4 members (excludes halogenated alkanes) is 2. The van der Waals surface area contributed by atoms with Crippen LogP contribution in [0.3, 0.4) is 0 Å². The minimum atomic E-state index is 0.217. The van der Waals surface area contributed by atoms with Crippen LogP contribution >= 0.6 is 0 Å². The Kier molecular flexibility index (Phi) is 6.20. The van der Waals surface area contributed by atoms with Crippen LogP contribution in [0.4, 0.5) is 0 Å². The van der Waals surface area contributed by atoms with Gasteiger partial charge in [-0.3, -0.25) is 4.79 Å². The fraction of sp³-hybridized carbons (Fsp3) is 0.786. The van der Waals surface area contributed by atoms with Crippen LogP contribution in [0.5, 0.6) is 0 Å². The van der Waals surface area contributed by atoms with Gasteiger partial charge < -0.3 is 4.74 Å². The lowest BCUT2D eigenvalue weighted by Gasteiger charge is -2.16. The van der Waals surface area contributed by atoms with Gasteiger partial charge >= 0.3 is 0 Å². The molecule has 1 aliphatic carbocycles. The predicted octanol–water partition coefficient (Wildman–Crippen LogP) is 3.86. The monoisotopic (exact) mass is 224 g/mol. The zero-order valence-corrected chi connectivity index (χ0v) is 10.6. The van der Waals surface area contributed by atoms with Crippen molar-refractivity contribution in [2.24, 2.45) is 5.92 Å². The van der Waals surface area contributed by atoms with E-state index in [4.69, 9.17) is 4.74 Å². The highest BCUT2D eigenvalue weighted by atomic mass is 16.5. The van der Waals surface area contributed by atoms with Crippen LogP contribution in [0.1, 0.15) is 58.8 Å². The Morgan fingerprint density at radius 3 is 2.69 bits per heavy atom. The van der Waals surface area contributed by atoms with Crippen LogP contribution in [-0.4, -0.2) is 12.4 Å². The van der Waals surface area contributed by atoms with Crippen molar-refractivity contribution in [2.45, 2.75) is 58.8 Å². The summed E-state index contributed by atoms with van der Waals surface area (Å²) in [6.07, 6.45) is 9.44. The van der Waals surface area contributed by atoms with Crippen molar-refractivity contribution in [1.82, 2.24) is 0 Å². The summed E-state index contributed by atoms with van der Waals surface area (Å²) in [6.45, 7) is 5.24. The largest absolute Gasteiger partial charge is 0.498 e. The van der Waals surface area contributed by atoms with Crippen LogP contribution in [0.2, 0.25) is 0 Å². The molecule has 0 fully saturated rings. The highest BCUT2D eigenvalue weighted by Crippen LogP contribution is 2.20. The van der Waals surface area contributed by atoms with Crippen molar-refractivity contribution in [2.75, 3.05) is 6.61 Å². The molecule has 1 aliphatic rings. The van der Waals surface area contributed by atoms with Gasteiger partial charge in [0.2, 0.25) is 0 Å². The molecule has 0 aromatic heterocycles. The SMILES string of the molecule is CCCCCC(CC)COC1=CC(=O)CC1. The molecular formula is C14H24O2. The molecule has 0 heterocycles. The molecular weight excluding hydrogens is 200 g/mol. The van der Waals surface area contributed by atoms with Gasteiger partial charge in [-0.1, -0.05) is 39.5 Å². The first kappa shape index (κ1) is 13.3. The zero-order chi connectivity index (χ0) is 11.8. The molecule has 0 saturated heterocycles. The van der Waals surface area contributed by atoms with Crippen molar-refractivity contribution in [3.63, 3.8) is 0 Å². The quantitative estimate of drug-likeness (QED) is 0.585. The van der Waals surface area contributed by atoms with Gasteiger partial charge in [0.1, 0.15) is 0 Å². The highest BCUT2D eigenvalue weighted by Gasteiger charge is 2.14. The van der Waals surface area contributed by atoms with E-state index in [0.717, 1.165) is 18.8 Å². The second-order valence-corrected chi connectivity index (χ2v) is 4.66.